The smallest absolute Gasteiger partial charge is 0.318 e. The van der Waals surface area contributed by atoms with Crippen LogP contribution in [0.5, 0.6) is 5.75 Å². The highest BCUT2D eigenvalue weighted by molar-refractivity contribution is 7.89. The molecule has 32 heavy (non-hydrogen) atoms. The van der Waals surface area contributed by atoms with Gasteiger partial charge in [0.05, 0.1) is 7.11 Å². The Morgan fingerprint density at radius 2 is 1.69 bits per heavy atom. The van der Waals surface area contributed by atoms with Crippen LogP contribution in [0, 0.1) is 0 Å². The molecule has 9 nitrogen and oxygen atoms in total. The molecule has 2 aromatic rings. The van der Waals surface area contributed by atoms with Crippen molar-refractivity contribution in [2.45, 2.75) is 37.1 Å². The average Bonchev–Trinajstić information content (AvgIpc) is 2.79. The summed E-state index contributed by atoms with van der Waals surface area (Å²) in [6.45, 7) is 2.34. The van der Waals surface area contributed by atoms with Crippen LogP contribution >= 0.6 is 0 Å². The fourth-order valence-corrected chi connectivity index (χ4v) is 5.49. The molecule has 1 unspecified atom stereocenters. The minimum absolute atomic E-state index is 0.0217. The van der Waals surface area contributed by atoms with E-state index in [2.05, 4.69) is 16.0 Å². The molecule has 3 rings (SSSR count). The second kappa shape index (κ2) is 10.0. The molecule has 1 aliphatic rings. The van der Waals surface area contributed by atoms with Crippen molar-refractivity contribution >= 4 is 33.3 Å². The van der Waals surface area contributed by atoms with Crippen LogP contribution in [0.2, 0.25) is 0 Å². The molecule has 0 saturated carbocycles. The number of sulfonamides is 1. The summed E-state index contributed by atoms with van der Waals surface area (Å²) in [5.41, 5.74) is 1.26. The zero-order valence-electron chi connectivity index (χ0n) is 18.3. The van der Waals surface area contributed by atoms with E-state index in [1.165, 1.54) is 36.7 Å². The number of benzene rings is 2. The topological polar surface area (TPSA) is 117 Å². The van der Waals surface area contributed by atoms with Gasteiger partial charge in [0, 0.05) is 36.6 Å². The van der Waals surface area contributed by atoms with Gasteiger partial charge in [-0.05, 0) is 62.2 Å². The summed E-state index contributed by atoms with van der Waals surface area (Å²) in [5.74, 6) is -0.258. The van der Waals surface area contributed by atoms with Crippen molar-refractivity contribution in [2.24, 2.45) is 0 Å². The van der Waals surface area contributed by atoms with Crippen molar-refractivity contribution in [2.75, 3.05) is 31.3 Å². The maximum absolute atomic E-state index is 13.3. The predicted molar refractivity (Wildman–Crippen MR) is 123 cm³/mol. The first kappa shape index (κ1) is 23.6. The molecule has 0 radical (unpaired) electrons. The molecule has 1 atom stereocenters. The number of ether oxygens (including phenoxy) is 1. The zero-order chi connectivity index (χ0) is 23.3. The van der Waals surface area contributed by atoms with Gasteiger partial charge < -0.3 is 20.7 Å². The van der Waals surface area contributed by atoms with Crippen molar-refractivity contribution < 1.29 is 22.7 Å². The van der Waals surface area contributed by atoms with Crippen LogP contribution in [0.4, 0.5) is 16.2 Å². The van der Waals surface area contributed by atoms with Gasteiger partial charge in [-0.1, -0.05) is 6.42 Å². The van der Waals surface area contributed by atoms with Gasteiger partial charge in [0.25, 0.3) is 5.91 Å². The molecule has 3 N–H and O–H groups in total. The molecule has 0 aromatic heterocycles. The molecule has 1 saturated heterocycles. The Morgan fingerprint density at radius 3 is 2.28 bits per heavy atom. The number of rotatable bonds is 6. The van der Waals surface area contributed by atoms with Gasteiger partial charge in [-0.15, -0.1) is 0 Å². The predicted octanol–water partition coefficient (Wildman–Crippen LogP) is 3.26. The van der Waals surface area contributed by atoms with E-state index in [9.17, 15) is 18.0 Å². The normalized spacial score (nSPS) is 16.8. The number of nitrogens with one attached hydrogen (secondary N) is 3. The van der Waals surface area contributed by atoms with Crippen molar-refractivity contribution in [3.05, 3.63) is 48.0 Å². The lowest BCUT2D eigenvalue weighted by molar-refractivity contribution is 0.102. The Kier molecular flexibility index (Phi) is 7.37. The molecule has 0 aliphatic carbocycles. The minimum Gasteiger partial charge on any atom is -0.495 e. The summed E-state index contributed by atoms with van der Waals surface area (Å²) in [5, 5.41) is 7.82. The molecular weight excluding hydrogens is 432 g/mol. The third kappa shape index (κ3) is 5.20. The van der Waals surface area contributed by atoms with Gasteiger partial charge in [0.1, 0.15) is 10.6 Å². The minimum atomic E-state index is -3.82. The van der Waals surface area contributed by atoms with Crippen LogP contribution in [-0.4, -0.2) is 51.4 Å². The maximum Gasteiger partial charge on any atom is 0.318 e. The quantitative estimate of drug-likeness (QED) is 0.612. The summed E-state index contributed by atoms with van der Waals surface area (Å²) in [6.07, 6.45) is 2.59. The molecule has 3 amide bonds. The second-order valence-corrected chi connectivity index (χ2v) is 9.42. The van der Waals surface area contributed by atoms with Crippen LogP contribution in [0.1, 0.15) is 36.5 Å². The first-order chi connectivity index (χ1) is 15.3. The Hall–Kier alpha value is -3.11. The summed E-state index contributed by atoms with van der Waals surface area (Å²) in [6, 6.07) is 10.5. The SMILES string of the molecule is CNC(=O)Nc1ccc(NC(=O)c2ccc(OC)c(S(=O)(=O)N3CCCCC3C)c2)cc1. The number of nitrogens with zero attached hydrogens (tertiary/aromatic N) is 1. The number of carbonyl (C=O) groups excluding carboxylic acids is 2. The summed E-state index contributed by atoms with van der Waals surface area (Å²) in [7, 11) is -0.902. The van der Waals surface area contributed by atoms with Gasteiger partial charge in [0.2, 0.25) is 10.0 Å². The first-order valence-electron chi connectivity index (χ1n) is 10.4. The van der Waals surface area contributed by atoms with E-state index in [0.29, 0.717) is 17.9 Å². The Balaban J connectivity index is 1.83. The Labute approximate surface area is 188 Å². The average molecular weight is 461 g/mol. The molecule has 1 heterocycles. The summed E-state index contributed by atoms with van der Waals surface area (Å²) < 4.78 is 33.4. The maximum atomic E-state index is 13.3. The Bertz CT molecular complexity index is 1090. The van der Waals surface area contributed by atoms with Gasteiger partial charge in [-0.3, -0.25) is 4.79 Å². The molecule has 2 aromatic carbocycles. The molecule has 1 aliphatic heterocycles. The summed E-state index contributed by atoms with van der Waals surface area (Å²) in [4.78, 5) is 24.2. The first-order valence-corrected chi connectivity index (χ1v) is 11.8. The monoisotopic (exact) mass is 460 g/mol. The fourth-order valence-electron chi connectivity index (χ4n) is 3.61. The van der Waals surface area contributed by atoms with Gasteiger partial charge in [-0.25, -0.2) is 13.2 Å². The van der Waals surface area contributed by atoms with Crippen LogP contribution in [0.25, 0.3) is 0 Å². The third-order valence-corrected chi connectivity index (χ3v) is 7.42. The highest BCUT2D eigenvalue weighted by Crippen LogP contribution is 2.32. The lowest BCUT2D eigenvalue weighted by Crippen LogP contribution is -2.42. The molecule has 0 spiro atoms. The number of piperidine rings is 1. The van der Waals surface area contributed by atoms with E-state index in [0.717, 1.165) is 19.3 Å². The second-order valence-electron chi connectivity index (χ2n) is 7.56. The van der Waals surface area contributed by atoms with Crippen LogP contribution in [0.3, 0.4) is 0 Å². The molecule has 1 fully saturated rings. The van der Waals surface area contributed by atoms with Crippen LogP contribution in [-0.2, 0) is 10.0 Å². The number of amides is 3. The molecule has 0 bridgehead atoms. The highest BCUT2D eigenvalue weighted by Gasteiger charge is 2.33. The highest BCUT2D eigenvalue weighted by atomic mass is 32.2. The fraction of sp³-hybridized carbons (Fsp3) is 0.364. The molecule has 10 heteroatoms. The zero-order valence-corrected chi connectivity index (χ0v) is 19.2. The van der Waals surface area contributed by atoms with Crippen LogP contribution in [0.15, 0.2) is 47.4 Å². The van der Waals surface area contributed by atoms with E-state index in [-0.39, 0.29) is 28.3 Å². The van der Waals surface area contributed by atoms with E-state index in [1.54, 1.807) is 24.3 Å². The lowest BCUT2D eigenvalue weighted by atomic mass is 10.1. The van der Waals surface area contributed by atoms with Crippen molar-refractivity contribution in [3.63, 3.8) is 0 Å². The number of carbonyl (C=O) groups is 2. The molecule has 172 valence electrons. The number of hydrogen-bond acceptors (Lipinski definition) is 5. The van der Waals surface area contributed by atoms with Crippen molar-refractivity contribution in [3.8, 4) is 5.75 Å². The molecular formula is C22H28N4O5S. The van der Waals surface area contributed by atoms with Crippen molar-refractivity contribution in [1.82, 2.24) is 9.62 Å². The van der Waals surface area contributed by atoms with Gasteiger partial charge in [-0.2, -0.15) is 4.31 Å². The van der Waals surface area contributed by atoms with Gasteiger partial charge >= 0.3 is 6.03 Å². The third-order valence-electron chi connectivity index (χ3n) is 5.38. The van der Waals surface area contributed by atoms with E-state index in [4.69, 9.17) is 4.74 Å². The van der Waals surface area contributed by atoms with E-state index in [1.807, 2.05) is 6.92 Å². The number of hydrogen-bond donors (Lipinski definition) is 3. The van der Waals surface area contributed by atoms with Crippen molar-refractivity contribution in [1.29, 1.82) is 0 Å². The van der Waals surface area contributed by atoms with Crippen LogP contribution < -0.4 is 20.7 Å². The largest absolute Gasteiger partial charge is 0.495 e. The standard InChI is InChI=1S/C22H28N4O5S/c1-15-6-4-5-13-26(15)32(29,30)20-14-16(7-12-19(20)31-3)21(27)24-17-8-10-18(11-9-17)25-22(28)23-2/h7-12,14-15H,4-6,13H2,1-3H3,(H,24,27)(H2,23,25,28). The van der Waals surface area contributed by atoms with E-state index < -0.39 is 15.9 Å². The lowest BCUT2D eigenvalue weighted by Gasteiger charge is -2.32. The summed E-state index contributed by atoms with van der Waals surface area (Å²) >= 11 is 0. The number of methoxy groups -OCH3 is 1. The van der Waals surface area contributed by atoms with E-state index >= 15 is 0 Å². The van der Waals surface area contributed by atoms with Gasteiger partial charge in [0.15, 0.2) is 0 Å². The number of anilines is 2. The number of urea groups is 1. The Morgan fingerprint density at radius 1 is 1.03 bits per heavy atom.